The lowest BCUT2D eigenvalue weighted by molar-refractivity contribution is -0.133. The van der Waals surface area contributed by atoms with Crippen molar-refractivity contribution in [2.24, 2.45) is 0 Å². The summed E-state index contributed by atoms with van der Waals surface area (Å²) in [4.78, 5) is 27.0. The third kappa shape index (κ3) is 10.3. The van der Waals surface area contributed by atoms with Crippen LogP contribution >= 0.6 is 11.6 Å². The smallest absolute Gasteiger partial charge is 0.390 e. The van der Waals surface area contributed by atoms with Gasteiger partial charge in [0, 0.05) is 55.9 Å². The lowest BCUT2D eigenvalue weighted by Crippen LogP contribution is -2.42. The van der Waals surface area contributed by atoms with Crippen molar-refractivity contribution in [1.29, 1.82) is 0 Å². The first-order valence-electron chi connectivity index (χ1n) is 13.4. The summed E-state index contributed by atoms with van der Waals surface area (Å²) in [5.41, 5.74) is -0.204. The van der Waals surface area contributed by atoms with Gasteiger partial charge in [-0.3, -0.25) is 9.69 Å². The number of urea groups is 1. The second kappa shape index (κ2) is 15.9. The number of anilines is 2. The Kier molecular flexibility index (Phi) is 12.6. The molecular formula is C27H34ClF5N6O3. The predicted octanol–water partition coefficient (Wildman–Crippen LogP) is 4.08. The zero-order chi connectivity index (χ0) is 30.7. The fraction of sp³-hybridized carbons (Fsp3) is 0.481. The van der Waals surface area contributed by atoms with Gasteiger partial charge in [0.05, 0.1) is 30.0 Å². The summed E-state index contributed by atoms with van der Waals surface area (Å²) >= 11 is 6.02. The minimum Gasteiger partial charge on any atom is -0.395 e. The molecule has 9 nitrogen and oxygen atoms in total. The van der Waals surface area contributed by atoms with Crippen LogP contribution in [0.2, 0.25) is 5.02 Å². The van der Waals surface area contributed by atoms with Gasteiger partial charge in [0.25, 0.3) is 5.91 Å². The number of nitrogens with one attached hydrogen (secondary N) is 5. The first-order chi connectivity index (χ1) is 20.0. The van der Waals surface area contributed by atoms with E-state index in [2.05, 4.69) is 31.5 Å². The molecule has 2 aromatic carbocycles. The normalized spacial score (nSPS) is 15.5. The second-order valence-corrected chi connectivity index (χ2v) is 10.1. The fourth-order valence-electron chi connectivity index (χ4n) is 4.45. The molecule has 1 saturated heterocycles. The van der Waals surface area contributed by atoms with E-state index in [0.717, 1.165) is 25.5 Å². The van der Waals surface area contributed by atoms with Crippen molar-refractivity contribution >= 4 is 34.9 Å². The van der Waals surface area contributed by atoms with E-state index in [1.807, 2.05) is 0 Å². The van der Waals surface area contributed by atoms with Crippen molar-refractivity contribution < 1.29 is 36.6 Å². The van der Waals surface area contributed by atoms with Crippen LogP contribution in [-0.2, 0) is 6.54 Å². The van der Waals surface area contributed by atoms with Gasteiger partial charge < -0.3 is 31.7 Å². The van der Waals surface area contributed by atoms with Crippen LogP contribution in [0.3, 0.4) is 0 Å². The third-order valence-corrected chi connectivity index (χ3v) is 6.91. The van der Waals surface area contributed by atoms with Gasteiger partial charge in [-0.25, -0.2) is 13.6 Å². The zero-order valence-electron chi connectivity index (χ0n) is 22.7. The number of alkyl halides is 3. The summed E-state index contributed by atoms with van der Waals surface area (Å²) in [6, 6.07) is 6.17. The molecule has 2 aromatic rings. The zero-order valence-corrected chi connectivity index (χ0v) is 23.5. The summed E-state index contributed by atoms with van der Waals surface area (Å²) < 4.78 is 66.4. The number of hydrogen-bond acceptors (Lipinski definition) is 6. The summed E-state index contributed by atoms with van der Waals surface area (Å²) in [6.07, 6.45) is -3.36. The number of benzene rings is 2. The summed E-state index contributed by atoms with van der Waals surface area (Å²) in [5.74, 6) is -3.63. The number of aliphatic hydroxyl groups excluding tert-OH is 1. The third-order valence-electron chi connectivity index (χ3n) is 6.67. The molecule has 0 radical (unpaired) electrons. The van der Waals surface area contributed by atoms with Crippen molar-refractivity contribution in [2.45, 2.75) is 38.0 Å². The molecule has 1 aliphatic heterocycles. The Morgan fingerprint density at radius 3 is 2.52 bits per heavy atom. The van der Waals surface area contributed by atoms with Gasteiger partial charge in [-0.1, -0.05) is 17.7 Å². The predicted molar refractivity (Wildman–Crippen MR) is 150 cm³/mol. The molecule has 1 fully saturated rings. The van der Waals surface area contributed by atoms with Crippen LogP contribution in [0.4, 0.5) is 38.1 Å². The van der Waals surface area contributed by atoms with Crippen molar-refractivity contribution in [2.75, 3.05) is 56.5 Å². The Hall–Kier alpha value is -3.20. The number of hydrogen-bond donors (Lipinski definition) is 6. The van der Waals surface area contributed by atoms with E-state index in [1.165, 1.54) is 24.3 Å². The Morgan fingerprint density at radius 2 is 1.79 bits per heavy atom. The largest absolute Gasteiger partial charge is 0.395 e. The number of aliphatic hydroxyl groups is 1. The van der Waals surface area contributed by atoms with Crippen LogP contribution < -0.4 is 26.6 Å². The number of carbonyl (C=O) groups excluding carboxylic acids is 2. The molecule has 0 aromatic heterocycles. The van der Waals surface area contributed by atoms with E-state index < -0.39 is 41.7 Å². The van der Waals surface area contributed by atoms with E-state index in [1.54, 1.807) is 0 Å². The van der Waals surface area contributed by atoms with Crippen molar-refractivity contribution in [3.05, 3.63) is 58.1 Å². The average Bonchev–Trinajstić information content (AvgIpc) is 3.39. The first kappa shape index (κ1) is 33.3. The van der Waals surface area contributed by atoms with Crippen LogP contribution in [0, 0.1) is 11.6 Å². The van der Waals surface area contributed by atoms with Crippen LogP contribution in [0.1, 0.15) is 35.2 Å². The second-order valence-electron chi connectivity index (χ2n) is 9.71. The maximum Gasteiger partial charge on any atom is 0.390 e. The highest BCUT2D eigenvalue weighted by molar-refractivity contribution is 6.31. The number of rotatable bonds is 14. The molecule has 1 atom stereocenters. The van der Waals surface area contributed by atoms with Crippen LogP contribution in [0.15, 0.2) is 30.3 Å². The molecule has 0 aliphatic carbocycles. The molecular weight excluding hydrogens is 587 g/mol. The molecule has 0 unspecified atom stereocenters. The fourth-order valence-corrected chi connectivity index (χ4v) is 4.62. The Balaban J connectivity index is 1.51. The van der Waals surface area contributed by atoms with Gasteiger partial charge in [-0.15, -0.1) is 0 Å². The summed E-state index contributed by atoms with van der Waals surface area (Å²) in [6.45, 7) is 1.56. The Bertz CT molecular complexity index is 1220. The highest BCUT2D eigenvalue weighted by Crippen LogP contribution is 2.27. The molecule has 6 N–H and O–H groups in total. The molecule has 232 valence electrons. The molecule has 0 bridgehead atoms. The van der Waals surface area contributed by atoms with E-state index >= 15 is 0 Å². The number of amides is 3. The Morgan fingerprint density at radius 1 is 1.00 bits per heavy atom. The van der Waals surface area contributed by atoms with Gasteiger partial charge in [-0.2, -0.15) is 13.2 Å². The van der Waals surface area contributed by atoms with Crippen LogP contribution in [0.25, 0.3) is 0 Å². The molecule has 1 heterocycles. The first-order valence-corrected chi connectivity index (χ1v) is 13.8. The summed E-state index contributed by atoms with van der Waals surface area (Å²) in [7, 11) is 0. The van der Waals surface area contributed by atoms with E-state index in [4.69, 9.17) is 11.6 Å². The highest BCUT2D eigenvalue weighted by Gasteiger charge is 2.26. The monoisotopic (exact) mass is 620 g/mol. The van der Waals surface area contributed by atoms with Crippen LogP contribution in [-0.4, -0.2) is 80.0 Å². The molecule has 3 rings (SSSR count). The quantitative estimate of drug-likeness (QED) is 0.140. The number of likely N-dealkylation sites (tertiary alicyclic amines) is 1. The van der Waals surface area contributed by atoms with Gasteiger partial charge in [-0.05, 0) is 43.7 Å². The SMILES string of the molecule is O=C(NCCN1CCC[C@@H]1CO)NCc1ccc(C(=O)Nc2ccc(Cl)cc2NCCNCCC(F)(F)F)c(F)c1F. The highest BCUT2D eigenvalue weighted by atomic mass is 35.5. The summed E-state index contributed by atoms with van der Waals surface area (Å²) in [5, 5.41) is 22.8. The number of halogens is 6. The van der Waals surface area contributed by atoms with Gasteiger partial charge in [0.1, 0.15) is 0 Å². The van der Waals surface area contributed by atoms with Gasteiger partial charge >= 0.3 is 12.2 Å². The van der Waals surface area contributed by atoms with Gasteiger partial charge in [0.2, 0.25) is 0 Å². The van der Waals surface area contributed by atoms with Crippen molar-refractivity contribution in [3.8, 4) is 0 Å². The average molecular weight is 621 g/mol. The minimum atomic E-state index is -4.26. The van der Waals surface area contributed by atoms with Crippen molar-refractivity contribution in [1.82, 2.24) is 20.9 Å². The molecule has 3 amide bonds. The molecule has 15 heteroatoms. The van der Waals surface area contributed by atoms with E-state index in [0.29, 0.717) is 23.8 Å². The van der Waals surface area contributed by atoms with E-state index in [9.17, 15) is 36.6 Å². The standard InChI is InChI=1S/C27H34ClF5N6O3/c28-18-4-6-21(22(14-18)35-10-9-34-8-7-27(31,32)33)38-25(41)20-5-3-17(23(29)24(20)30)15-37-26(42)36-11-13-39-12-1-2-19(39)16-40/h3-6,14,19,34-35,40H,1-2,7-13,15-16H2,(H,38,41)(H2,36,37,42)/t19-/m1/s1. The maximum absolute atomic E-state index is 14.8. The maximum atomic E-state index is 14.8. The molecule has 0 spiro atoms. The van der Waals surface area contributed by atoms with Crippen molar-refractivity contribution in [3.63, 3.8) is 0 Å². The topological polar surface area (TPSA) is 118 Å². The Labute approximate surface area is 245 Å². The molecule has 1 aliphatic rings. The molecule has 42 heavy (non-hydrogen) atoms. The number of nitrogens with zero attached hydrogens (tertiary/aromatic N) is 1. The lowest BCUT2D eigenvalue weighted by Gasteiger charge is -2.22. The minimum absolute atomic E-state index is 0.0531. The lowest BCUT2D eigenvalue weighted by atomic mass is 10.1. The van der Waals surface area contributed by atoms with Gasteiger partial charge in [0.15, 0.2) is 11.6 Å². The molecule has 0 saturated carbocycles. The van der Waals surface area contributed by atoms with Crippen LogP contribution in [0.5, 0.6) is 0 Å². The number of carbonyl (C=O) groups is 2. The van der Waals surface area contributed by atoms with E-state index in [-0.39, 0.29) is 50.1 Å².